The summed E-state index contributed by atoms with van der Waals surface area (Å²) in [5.74, 6) is -0.348. The van der Waals surface area contributed by atoms with Crippen LogP contribution in [0, 0.1) is 6.92 Å². The van der Waals surface area contributed by atoms with E-state index in [1.165, 1.54) is 19.1 Å². The van der Waals surface area contributed by atoms with E-state index in [4.69, 9.17) is 4.42 Å². The van der Waals surface area contributed by atoms with Gasteiger partial charge in [-0.2, -0.15) is 0 Å². The molecule has 1 aliphatic heterocycles. The van der Waals surface area contributed by atoms with Crippen molar-refractivity contribution in [2.24, 2.45) is 0 Å². The van der Waals surface area contributed by atoms with Gasteiger partial charge in [0.15, 0.2) is 5.76 Å². The fraction of sp³-hybridized carbons (Fsp3) is 0.217. The molecule has 3 aromatic rings. The molecule has 148 valence electrons. The lowest BCUT2D eigenvalue weighted by atomic mass is 10.1. The lowest BCUT2D eigenvalue weighted by Gasteiger charge is -2.21. The molecule has 0 atom stereocenters. The Labute approximate surface area is 169 Å². The number of furan rings is 1. The van der Waals surface area contributed by atoms with E-state index in [1.54, 1.807) is 24.3 Å². The highest BCUT2D eigenvalue weighted by Gasteiger charge is 2.18. The summed E-state index contributed by atoms with van der Waals surface area (Å²) in [4.78, 5) is 27.5. The number of aryl methyl sites for hydroxylation is 1. The SMILES string of the molecule is Cc1ccc(C(=O)Nc2ccccc2N2CCCC2)cc1NC(=O)c1ccco1. The van der Waals surface area contributed by atoms with Crippen LogP contribution in [0.5, 0.6) is 0 Å². The van der Waals surface area contributed by atoms with Crippen molar-refractivity contribution in [1.82, 2.24) is 0 Å². The van der Waals surface area contributed by atoms with E-state index in [2.05, 4.69) is 15.5 Å². The number of hydrogen-bond acceptors (Lipinski definition) is 4. The van der Waals surface area contributed by atoms with Crippen molar-refractivity contribution in [1.29, 1.82) is 0 Å². The first kappa shape index (κ1) is 18.8. The Bertz CT molecular complexity index is 1020. The van der Waals surface area contributed by atoms with Crippen molar-refractivity contribution in [2.75, 3.05) is 28.6 Å². The van der Waals surface area contributed by atoms with E-state index in [1.807, 2.05) is 37.3 Å². The molecule has 4 rings (SSSR count). The van der Waals surface area contributed by atoms with Gasteiger partial charge < -0.3 is 20.0 Å². The molecule has 0 radical (unpaired) electrons. The van der Waals surface area contributed by atoms with Gasteiger partial charge in [0.05, 0.1) is 17.6 Å². The first-order chi connectivity index (χ1) is 14.1. The fourth-order valence-corrected chi connectivity index (χ4v) is 3.50. The highest BCUT2D eigenvalue weighted by molar-refractivity contribution is 6.08. The summed E-state index contributed by atoms with van der Waals surface area (Å²) in [6, 6.07) is 16.4. The topological polar surface area (TPSA) is 74.6 Å². The van der Waals surface area contributed by atoms with Gasteiger partial charge >= 0.3 is 0 Å². The maximum absolute atomic E-state index is 12.9. The highest BCUT2D eigenvalue weighted by atomic mass is 16.3. The number of nitrogens with zero attached hydrogens (tertiary/aromatic N) is 1. The molecule has 0 bridgehead atoms. The summed E-state index contributed by atoms with van der Waals surface area (Å²) in [7, 11) is 0. The van der Waals surface area contributed by atoms with Gasteiger partial charge in [-0.25, -0.2) is 0 Å². The first-order valence-corrected chi connectivity index (χ1v) is 9.72. The Hall–Kier alpha value is -3.54. The minimum absolute atomic E-state index is 0.217. The Morgan fingerprint density at radius 2 is 1.66 bits per heavy atom. The zero-order valence-corrected chi connectivity index (χ0v) is 16.3. The number of benzene rings is 2. The van der Waals surface area contributed by atoms with Crippen molar-refractivity contribution in [3.8, 4) is 0 Å². The van der Waals surface area contributed by atoms with Gasteiger partial charge in [-0.3, -0.25) is 9.59 Å². The molecule has 2 N–H and O–H groups in total. The van der Waals surface area contributed by atoms with Crippen molar-refractivity contribution in [2.45, 2.75) is 19.8 Å². The molecular weight excluding hydrogens is 366 g/mol. The molecular formula is C23H23N3O3. The number of amides is 2. The van der Waals surface area contributed by atoms with E-state index in [-0.39, 0.29) is 17.6 Å². The molecule has 0 aliphatic carbocycles. The number of anilines is 3. The van der Waals surface area contributed by atoms with E-state index in [0.29, 0.717) is 11.3 Å². The molecule has 1 saturated heterocycles. The number of hydrogen-bond donors (Lipinski definition) is 2. The summed E-state index contributed by atoms with van der Waals surface area (Å²) in [6.45, 7) is 3.88. The molecule has 0 saturated carbocycles. The Balaban J connectivity index is 1.53. The van der Waals surface area contributed by atoms with Gasteiger partial charge in [0.1, 0.15) is 0 Å². The third kappa shape index (κ3) is 4.16. The average molecular weight is 389 g/mol. The third-order valence-corrected chi connectivity index (χ3v) is 5.09. The maximum atomic E-state index is 12.9. The van der Waals surface area contributed by atoms with E-state index in [9.17, 15) is 9.59 Å². The maximum Gasteiger partial charge on any atom is 0.291 e. The summed E-state index contributed by atoms with van der Waals surface area (Å²) >= 11 is 0. The summed E-state index contributed by atoms with van der Waals surface area (Å²) in [6.07, 6.45) is 3.78. The first-order valence-electron chi connectivity index (χ1n) is 9.72. The second kappa shape index (κ2) is 8.22. The zero-order valence-electron chi connectivity index (χ0n) is 16.3. The van der Waals surface area contributed by atoms with Crippen LogP contribution in [0.4, 0.5) is 17.1 Å². The number of nitrogens with one attached hydrogen (secondary N) is 2. The van der Waals surface area contributed by atoms with Crippen LogP contribution >= 0.6 is 0 Å². The van der Waals surface area contributed by atoms with Crippen LogP contribution in [0.15, 0.2) is 65.3 Å². The fourth-order valence-electron chi connectivity index (χ4n) is 3.50. The van der Waals surface area contributed by atoms with Crippen molar-refractivity contribution >= 4 is 28.9 Å². The minimum atomic E-state index is -0.352. The van der Waals surface area contributed by atoms with Crippen molar-refractivity contribution in [3.63, 3.8) is 0 Å². The Kier molecular flexibility index (Phi) is 5.33. The predicted octanol–water partition coefficient (Wildman–Crippen LogP) is 4.69. The molecule has 29 heavy (non-hydrogen) atoms. The van der Waals surface area contributed by atoms with E-state index >= 15 is 0 Å². The lowest BCUT2D eigenvalue weighted by Crippen LogP contribution is -2.21. The second-order valence-electron chi connectivity index (χ2n) is 7.13. The number of carbonyl (C=O) groups is 2. The van der Waals surface area contributed by atoms with Crippen LogP contribution in [-0.2, 0) is 0 Å². The molecule has 1 fully saturated rings. The van der Waals surface area contributed by atoms with Gasteiger partial charge in [-0.05, 0) is 61.7 Å². The molecule has 2 amide bonds. The molecule has 1 aliphatic rings. The van der Waals surface area contributed by atoms with Crippen LogP contribution in [0.2, 0.25) is 0 Å². The molecule has 6 nitrogen and oxygen atoms in total. The Morgan fingerprint density at radius 1 is 0.897 bits per heavy atom. The molecule has 6 heteroatoms. The summed E-state index contributed by atoms with van der Waals surface area (Å²) < 4.78 is 5.13. The lowest BCUT2D eigenvalue weighted by molar-refractivity contribution is 0.0993. The molecule has 0 spiro atoms. The monoisotopic (exact) mass is 389 g/mol. The van der Waals surface area contributed by atoms with Crippen LogP contribution in [0.25, 0.3) is 0 Å². The number of carbonyl (C=O) groups excluding carboxylic acids is 2. The van der Waals surface area contributed by atoms with E-state index in [0.717, 1.165) is 30.0 Å². The van der Waals surface area contributed by atoms with Crippen LogP contribution in [0.1, 0.15) is 39.3 Å². The molecule has 2 aromatic carbocycles. The predicted molar refractivity (Wildman–Crippen MR) is 114 cm³/mol. The normalized spacial score (nSPS) is 13.3. The highest BCUT2D eigenvalue weighted by Crippen LogP contribution is 2.29. The van der Waals surface area contributed by atoms with Crippen molar-refractivity contribution < 1.29 is 14.0 Å². The smallest absolute Gasteiger partial charge is 0.291 e. The standard InChI is InChI=1S/C23H23N3O3/c1-16-10-11-17(15-19(16)25-23(28)21-9-6-14-29-21)22(27)24-18-7-2-3-8-20(18)26-12-4-5-13-26/h2-3,6-11,14-15H,4-5,12-13H2,1H3,(H,24,27)(H,25,28). The molecule has 2 heterocycles. The summed E-state index contributed by atoms with van der Waals surface area (Å²) in [5, 5.41) is 5.83. The quantitative estimate of drug-likeness (QED) is 0.664. The Morgan fingerprint density at radius 3 is 2.41 bits per heavy atom. The van der Waals surface area contributed by atoms with Gasteiger partial charge in [0.25, 0.3) is 11.8 Å². The minimum Gasteiger partial charge on any atom is -0.459 e. The van der Waals surface area contributed by atoms with Crippen LogP contribution in [0.3, 0.4) is 0 Å². The second-order valence-corrected chi connectivity index (χ2v) is 7.13. The largest absolute Gasteiger partial charge is 0.459 e. The van der Waals surface area contributed by atoms with Gasteiger partial charge in [-0.15, -0.1) is 0 Å². The van der Waals surface area contributed by atoms with Crippen LogP contribution in [-0.4, -0.2) is 24.9 Å². The van der Waals surface area contributed by atoms with E-state index < -0.39 is 0 Å². The number of rotatable bonds is 5. The number of para-hydroxylation sites is 2. The van der Waals surface area contributed by atoms with Gasteiger partial charge in [0.2, 0.25) is 0 Å². The van der Waals surface area contributed by atoms with Gasteiger partial charge in [-0.1, -0.05) is 18.2 Å². The van der Waals surface area contributed by atoms with Crippen LogP contribution < -0.4 is 15.5 Å². The zero-order chi connectivity index (χ0) is 20.2. The molecule has 0 unspecified atom stereocenters. The van der Waals surface area contributed by atoms with Crippen molar-refractivity contribution in [3.05, 3.63) is 77.7 Å². The average Bonchev–Trinajstić information content (AvgIpc) is 3.44. The third-order valence-electron chi connectivity index (χ3n) is 5.09. The summed E-state index contributed by atoms with van der Waals surface area (Å²) in [5.41, 5.74) is 3.74. The van der Waals surface area contributed by atoms with Gasteiger partial charge in [0, 0.05) is 24.3 Å². The molecule has 1 aromatic heterocycles.